The van der Waals surface area contributed by atoms with Crippen molar-refractivity contribution in [3.05, 3.63) is 17.1 Å². The van der Waals surface area contributed by atoms with Gasteiger partial charge in [0.1, 0.15) is 16.4 Å². The Morgan fingerprint density at radius 1 is 1.33 bits per heavy atom. The number of nitrogens with one attached hydrogen (secondary N) is 1. The molecule has 21 heavy (non-hydrogen) atoms. The summed E-state index contributed by atoms with van der Waals surface area (Å²) in [5.41, 5.74) is 0.755. The first-order valence-electron chi connectivity index (χ1n) is 7.54. The molecule has 6 heteroatoms. The molecule has 2 unspecified atom stereocenters. The van der Waals surface area contributed by atoms with Gasteiger partial charge in [-0.2, -0.15) is 0 Å². The van der Waals surface area contributed by atoms with Gasteiger partial charge in [-0.1, -0.05) is 13.8 Å². The summed E-state index contributed by atoms with van der Waals surface area (Å²) in [7, 11) is -1.82. The maximum atomic E-state index is 12.9. The van der Waals surface area contributed by atoms with Crippen LogP contribution in [0.5, 0.6) is 0 Å². The molecular formula is C15H26N2O3S. The van der Waals surface area contributed by atoms with Crippen molar-refractivity contribution in [3.63, 3.8) is 0 Å². The van der Waals surface area contributed by atoms with Crippen LogP contribution in [0.15, 0.2) is 9.31 Å². The number of rotatable bonds is 7. The summed E-state index contributed by atoms with van der Waals surface area (Å²) in [6, 6.07) is 0. The van der Waals surface area contributed by atoms with Gasteiger partial charge in [-0.3, -0.25) is 0 Å². The third-order valence-electron chi connectivity index (χ3n) is 4.31. The number of aryl methyl sites for hydroxylation is 2. The quantitative estimate of drug-likeness (QED) is 0.839. The average molecular weight is 314 g/mol. The molecule has 0 aliphatic heterocycles. The van der Waals surface area contributed by atoms with Gasteiger partial charge in [0.15, 0.2) is 0 Å². The molecule has 1 N–H and O–H groups in total. The van der Waals surface area contributed by atoms with E-state index in [9.17, 15) is 8.42 Å². The molecule has 2 rings (SSSR count). The van der Waals surface area contributed by atoms with Crippen LogP contribution < -0.4 is 5.32 Å². The van der Waals surface area contributed by atoms with Crippen molar-refractivity contribution in [2.75, 3.05) is 20.1 Å². The van der Waals surface area contributed by atoms with E-state index in [4.69, 9.17) is 4.42 Å². The summed E-state index contributed by atoms with van der Waals surface area (Å²) < 4.78 is 32.8. The fourth-order valence-corrected chi connectivity index (χ4v) is 4.37. The summed E-state index contributed by atoms with van der Waals surface area (Å²) in [4.78, 5) is 0.344. The van der Waals surface area contributed by atoms with Gasteiger partial charge >= 0.3 is 0 Å². The maximum absolute atomic E-state index is 12.9. The van der Waals surface area contributed by atoms with Crippen LogP contribution in [-0.4, -0.2) is 32.9 Å². The Bertz CT molecular complexity index is 607. The summed E-state index contributed by atoms with van der Waals surface area (Å²) in [5.74, 6) is 2.29. The van der Waals surface area contributed by atoms with Gasteiger partial charge in [-0.15, -0.1) is 0 Å². The molecule has 1 aliphatic rings. The Morgan fingerprint density at radius 2 is 1.95 bits per heavy atom. The average Bonchev–Trinajstić information content (AvgIpc) is 2.99. The molecule has 0 bridgehead atoms. The van der Waals surface area contributed by atoms with E-state index in [1.165, 1.54) is 4.31 Å². The van der Waals surface area contributed by atoms with E-state index in [0.29, 0.717) is 41.3 Å². The van der Waals surface area contributed by atoms with E-state index in [1.54, 1.807) is 14.0 Å². The van der Waals surface area contributed by atoms with Gasteiger partial charge in [-0.25, -0.2) is 12.7 Å². The van der Waals surface area contributed by atoms with Gasteiger partial charge in [0.2, 0.25) is 10.0 Å². The second-order valence-electron chi connectivity index (χ2n) is 6.06. The number of sulfonamides is 1. The Kier molecular flexibility index (Phi) is 4.80. The Labute approximate surface area is 127 Å². The van der Waals surface area contributed by atoms with Crippen molar-refractivity contribution in [1.82, 2.24) is 9.62 Å². The van der Waals surface area contributed by atoms with Crippen molar-refractivity contribution < 1.29 is 12.8 Å². The van der Waals surface area contributed by atoms with Gasteiger partial charge in [0.25, 0.3) is 0 Å². The molecular weight excluding hydrogens is 288 g/mol. The second kappa shape index (κ2) is 6.10. The zero-order chi connectivity index (χ0) is 15.8. The standard InChI is InChI=1S/C15H26N2O3S/c1-6-16-8-14-11(3)20-12(4)15(14)21(18,19)17(5)9-13-7-10(13)2/h10,13,16H,6-9H2,1-5H3. The summed E-state index contributed by atoms with van der Waals surface area (Å²) >= 11 is 0. The van der Waals surface area contributed by atoms with Crippen molar-refractivity contribution in [2.45, 2.75) is 45.6 Å². The van der Waals surface area contributed by atoms with E-state index in [0.717, 1.165) is 18.5 Å². The van der Waals surface area contributed by atoms with E-state index in [-0.39, 0.29) is 0 Å². The molecule has 5 nitrogen and oxygen atoms in total. The lowest BCUT2D eigenvalue weighted by Crippen LogP contribution is -2.30. The highest BCUT2D eigenvalue weighted by molar-refractivity contribution is 7.89. The third-order valence-corrected chi connectivity index (χ3v) is 6.33. The van der Waals surface area contributed by atoms with Crippen LogP contribution in [0, 0.1) is 25.7 Å². The SMILES string of the molecule is CCNCc1c(C)oc(C)c1S(=O)(=O)N(C)CC1CC1C. The van der Waals surface area contributed by atoms with E-state index in [2.05, 4.69) is 12.2 Å². The number of furan rings is 1. The molecule has 0 spiro atoms. The fraction of sp³-hybridized carbons (Fsp3) is 0.733. The Morgan fingerprint density at radius 3 is 2.48 bits per heavy atom. The lowest BCUT2D eigenvalue weighted by atomic mass is 10.2. The van der Waals surface area contributed by atoms with Gasteiger partial charge in [0.05, 0.1) is 0 Å². The first-order valence-corrected chi connectivity index (χ1v) is 8.98. The van der Waals surface area contributed by atoms with Crippen LogP contribution in [0.1, 0.15) is 37.4 Å². The topological polar surface area (TPSA) is 62.6 Å². The fourth-order valence-electron chi connectivity index (χ4n) is 2.74. The first kappa shape index (κ1) is 16.5. The molecule has 1 heterocycles. The van der Waals surface area contributed by atoms with E-state index < -0.39 is 10.0 Å². The highest BCUT2D eigenvalue weighted by atomic mass is 32.2. The van der Waals surface area contributed by atoms with Crippen molar-refractivity contribution in [3.8, 4) is 0 Å². The number of nitrogens with zero attached hydrogens (tertiary/aromatic N) is 1. The molecule has 120 valence electrons. The lowest BCUT2D eigenvalue weighted by Gasteiger charge is -2.18. The number of hydrogen-bond acceptors (Lipinski definition) is 4. The number of hydrogen-bond donors (Lipinski definition) is 1. The highest BCUT2D eigenvalue weighted by Crippen LogP contribution is 2.39. The molecule has 2 atom stereocenters. The largest absolute Gasteiger partial charge is 0.465 e. The van der Waals surface area contributed by atoms with Crippen molar-refractivity contribution in [1.29, 1.82) is 0 Å². The normalized spacial score (nSPS) is 22.0. The predicted molar refractivity (Wildman–Crippen MR) is 82.6 cm³/mol. The molecule has 0 saturated heterocycles. The van der Waals surface area contributed by atoms with Crippen LogP contribution in [0.3, 0.4) is 0 Å². The van der Waals surface area contributed by atoms with Crippen LogP contribution >= 0.6 is 0 Å². The Hall–Kier alpha value is -0.850. The van der Waals surface area contributed by atoms with Crippen molar-refractivity contribution >= 4 is 10.0 Å². The molecule has 1 fully saturated rings. The van der Waals surface area contributed by atoms with Crippen LogP contribution in [0.25, 0.3) is 0 Å². The molecule has 0 amide bonds. The van der Waals surface area contributed by atoms with E-state index >= 15 is 0 Å². The minimum atomic E-state index is -3.49. The zero-order valence-corrected chi connectivity index (χ0v) is 14.4. The van der Waals surface area contributed by atoms with Gasteiger partial charge < -0.3 is 9.73 Å². The summed E-state index contributed by atoms with van der Waals surface area (Å²) in [6.45, 7) is 9.60. The third kappa shape index (κ3) is 3.33. The summed E-state index contributed by atoms with van der Waals surface area (Å²) in [5, 5.41) is 3.19. The van der Waals surface area contributed by atoms with Crippen LogP contribution in [0.4, 0.5) is 0 Å². The van der Waals surface area contributed by atoms with Crippen molar-refractivity contribution in [2.24, 2.45) is 11.8 Å². The molecule has 1 aliphatic carbocycles. The molecule has 1 aromatic rings. The first-order chi connectivity index (χ1) is 9.78. The van der Waals surface area contributed by atoms with Crippen LogP contribution in [0.2, 0.25) is 0 Å². The van der Waals surface area contributed by atoms with E-state index in [1.807, 2.05) is 13.8 Å². The van der Waals surface area contributed by atoms with Crippen LogP contribution in [-0.2, 0) is 16.6 Å². The Balaban J connectivity index is 2.30. The molecule has 0 aromatic carbocycles. The minimum absolute atomic E-state index is 0.344. The van der Waals surface area contributed by atoms with Gasteiger partial charge in [-0.05, 0) is 38.6 Å². The second-order valence-corrected chi connectivity index (χ2v) is 8.04. The summed E-state index contributed by atoms with van der Waals surface area (Å²) in [6.07, 6.45) is 1.12. The molecule has 1 saturated carbocycles. The zero-order valence-electron chi connectivity index (χ0n) is 13.6. The van der Waals surface area contributed by atoms with Gasteiger partial charge in [0, 0.05) is 25.7 Å². The smallest absolute Gasteiger partial charge is 0.246 e. The monoisotopic (exact) mass is 314 g/mol. The predicted octanol–water partition coefficient (Wildman–Crippen LogP) is 2.28. The maximum Gasteiger partial charge on any atom is 0.246 e. The highest BCUT2D eigenvalue weighted by Gasteiger charge is 2.38. The molecule has 1 aromatic heterocycles. The lowest BCUT2D eigenvalue weighted by molar-refractivity contribution is 0.440. The minimum Gasteiger partial charge on any atom is -0.465 e. The molecule has 0 radical (unpaired) electrons.